The Bertz CT molecular complexity index is 730. The van der Waals surface area contributed by atoms with Gasteiger partial charge in [0.05, 0.1) is 12.0 Å². The summed E-state index contributed by atoms with van der Waals surface area (Å²) in [7, 11) is 0. The molecule has 1 N–H and O–H groups in total. The fraction of sp³-hybridized carbons (Fsp3) is 0.435. The van der Waals surface area contributed by atoms with Gasteiger partial charge in [0.15, 0.2) is 0 Å². The third-order valence-electron chi connectivity index (χ3n) is 5.34. The molecule has 0 spiro atoms. The molecule has 0 aliphatic heterocycles. The molecule has 3 nitrogen and oxygen atoms in total. The van der Waals surface area contributed by atoms with Crippen LogP contribution >= 0.6 is 0 Å². The fourth-order valence-electron chi connectivity index (χ4n) is 3.79. The normalized spacial score (nSPS) is 15.6. The van der Waals surface area contributed by atoms with Gasteiger partial charge in [0.2, 0.25) is 5.91 Å². The number of hydrogen-bond donors (Lipinski definition) is 1. The Morgan fingerprint density at radius 1 is 1.12 bits per heavy atom. The van der Waals surface area contributed by atoms with Gasteiger partial charge in [-0.3, -0.25) is 4.79 Å². The van der Waals surface area contributed by atoms with Crippen LogP contribution < -0.4 is 10.1 Å². The maximum Gasteiger partial charge on any atom is 0.235 e. The van der Waals surface area contributed by atoms with Crippen LogP contribution in [-0.2, 0) is 10.2 Å². The van der Waals surface area contributed by atoms with Crippen molar-refractivity contribution < 1.29 is 9.53 Å². The van der Waals surface area contributed by atoms with Crippen LogP contribution in [0.5, 0.6) is 5.75 Å². The molecule has 1 aliphatic carbocycles. The summed E-state index contributed by atoms with van der Waals surface area (Å²) in [6.45, 7) is 4.97. The van der Waals surface area contributed by atoms with Crippen molar-refractivity contribution in [3.05, 3.63) is 59.7 Å². The van der Waals surface area contributed by atoms with Gasteiger partial charge in [0.1, 0.15) is 5.75 Å². The molecule has 0 atom stereocenters. The Morgan fingerprint density at radius 2 is 1.85 bits per heavy atom. The van der Waals surface area contributed by atoms with Crippen molar-refractivity contribution in [3.63, 3.8) is 0 Å². The van der Waals surface area contributed by atoms with E-state index in [1.165, 1.54) is 5.56 Å². The van der Waals surface area contributed by atoms with Crippen LogP contribution in [0.3, 0.4) is 0 Å². The van der Waals surface area contributed by atoms with Gasteiger partial charge >= 0.3 is 0 Å². The molecule has 1 fully saturated rings. The Kier molecular flexibility index (Phi) is 5.97. The van der Waals surface area contributed by atoms with E-state index in [4.69, 9.17) is 4.74 Å². The summed E-state index contributed by atoms with van der Waals surface area (Å²) in [6, 6.07) is 16.1. The van der Waals surface area contributed by atoms with Gasteiger partial charge in [-0.1, -0.05) is 56.0 Å². The first kappa shape index (κ1) is 18.5. The standard InChI is InChI=1S/C23H29NO2/c1-3-4-16-26-21-12-10-20(11-13-21)24-22(25)23(14-5-6-15-23)19-9-7-8-18(2)17-19/h7-13,17H,3-6,14-16H2,1-2H3,(H,24,25). The van der Waals surface area contributed by atoms with Gasteiger partial charge in [-0.05, 0) is 56.0 Å². The molecule has 1 aliphatic rings. The number of hydrogen-bond acceptors (Lipinski definition) is 2. The Labute approximate surface area is 156 Å². The van der Waals surface area contributed by atoms with Gasteiger partial charge in [-0.15, -0.1) is 0 Å². The molecule has 0 bridgehead atoms. The SMILES string of the molecule is CCCCOc1ccc(NC(=O)C2(c3cccc(C)c3)CCCC2)cc1. The Hall–Kier alpha value is -2.29. The molecular formula is C23H29NO2. The van der Waals surface area contributed by atoms with Crippen molar-refractivity contribution >= 4 is 11.6 Å². The second kappa shape index (κ2) is 8.39. The summed E-state index contributed by atoms with van der Waals surface area (Å²) in [5.74, 6) is 0.964. The van der Waals surface area contributed by atoms with Crippen molar-refractivity contribution in [3.8, 4) is 5.75 Å². The summed E-state index contributed by atoms with van der Waals surface area (Å²) < 4.78 is 5.70. The number of amides is 1. The maximum atomic E-state index is 13.2. The minimum atomic E-state index is -0.400. The highest BCUT2D eigenvalue weighted by atomic mass is 16.5. The number of aryl methyl sites for hydroxylation is 1. The number of carbonyl (C=O) groups is 1. The van der Waals surface area contributed by atoms with Crippen molar-refractivity contribution in [1.82, 2.24) is 0 Å². The van der Waals surface area contributed by atoms with Crippen molar-refractivity contribution in [2.45, 2.75) is 57.8 Å². The van der Waals surface area contributed by atoms with E-state index in [0.717, 1.165) is 62.1 Å². The molecule has 138 valence electrons. The first-order valence-corrected chi connectivity index (χ1v) is 9.75. The highest BCUT2D eigenvalue weighted by Gasteiger charge is 2.42. The molecule has 0 saturated heterocycles. The second-order valence-electron chi connectivity index (χ2n) is 7.34. The molecule has 1 saturated carbocycles. The molecule has 2 aromatic rings. The summed E-state index contributed by atoms with van der Waals surface area (Å²) in [4.78, 5) is 13.2. The van der Waals surface area contributed by atoms with Gasteiger partial charge in [-0.25, -0.2) is 0 Å². The third-order valence-corrected chi connectivity index (χ3v) is 5.34. The molecule has 3 heteroatoms. The largest absolute Gasteiger partial charge is 0.494 e. The number of anilines is 1. The molecule has 1 amide bonds. The van der Waals surface area contributed by atoms with E-state index in [0.29, 0.717) is 0 Å². The van der Waals surface area contributed by atoms with Gasteiger partial charge < -0.3 is 10.1 Å². The maximum absolute atomic E-state index is 13.2. The summed E-state index contributed by atoms with van der Waals surface area (Å²) in [5.41, 5.74) is 2.78. The van der Waals surface area contributed by atoms with Crippen LogP contribution in [0.1, 0.15) is 56.6 Å². The quantitative estimate of drug-likeness (QED) is 0.657. The lowest BCUT2D eigenvalue weighted by Gasteiger charge is -2.28. The number of carbonyl (C=O) groups excluding carboxylic acids is 1. The minimum absolute atomic E-state index is 0.111. The lowest BCUT2D eigenvalue weighted by molar-refractivity contribution is -0.121. The number of ether oxygens (including phenoxy) is 1. The highest BCUT2D eigenvalue weighted by molar-refractivity contribution is 5.99. The number of unbranched alkanes of at least 4 members (excludes halogenated alkanes) is 1. The molecule has 2 aromatic carbocycles. The van der Waals surface area contributed by atoms with E-state index < -0.39 is 5.41 Å². The van der Waals surface area contributed by atoms with Gasteiger partial charge in [0, 0.05) is 5.69 Å². The molecule has 0 aromatic heterocycles. The zero-order valence-electron chi connectivity index (χ0n) is 15.9. The van der Waals surface area contributed by atoms with E-state index in [1.54, 1.807) is 0 Å². The monoisotopic (exact) mass is 351 g/mol. The van der Waals surface area contributed by atoms with E-state index in [-0.39, 0.29) is 5.91 Å². The second-order valence-corrected chi connectivity index (χ2v) is 7.34. The van der Waals surface area contributed by atoms with E-state index in [9.17, 15) is 4.79 Å². The van der Waals surface area contributed by atoms with E-state index in [1.807, 2.05) is 24.3 Å². The van der Waals surface area contributed by atoms with E-state index in [2.05, 4.69) is 43.4 Å². The minimum Gasteiger partial charge on any atom is -0.494 e. The smallest absolute Gasteiger partial charge is 0.235 e. The fourth-order valence-corrected chi connectivity index (χ4v) is 3.79. The van der Waals surface area contributed by atoms with Crippen LogP contribution in [0.15, 0.2) is 48.5 Å². The third kappa shape index (κ3) is 4.09. The zero-order chi connectivity index (χ0) is 18.4. The predicted molar refractivity (Wildman–Crippen MR) is 107 cm³/mol. The molecule has 26 heavy (non-hydrogen) atoms. The van der Waals surface area contributed by atoms with Crippen LogP contribution in [0.2, 0.25) is 0 Å². The van der Waals surface area contributed by atoms with Crippen LogP contribution in [0.4, 0.5) is 5.69 Å². The number of benzene rings is 2. The van der Waals surface area contributed by atoms with Crippen molar-refractivity contribution in [2.24, 2.45) is 0 Å². The molecule has 3 rings (SSSR count). The average molecular weight is 351 g/mol. The van der Waals surface area contributed by atoms with Gasteiger partial charge in [0.25, 0.3) is 0 Å². The number of nitrogens with one attached hydrogen (secondary N) is 1. The first-order chi connectivity index (χ1) is 12.6. The average Bonchev–Trinajstić information content (AvgIpc) is 3.15. The number of rotatable bonds is 7. The molecular weight excluding hydrogens is 322 g/mol. The molecule has 0 heterocycles. The Balaban J connectivity index is 1.73. The van der Waals surface area contributed by atoms with Crippen molar-refractivity contribution in [2.75, 3.05) is 11.9 Å². The first-order valence-electron chi connectivity index (χ1n) is 9.75. The zero-order valence-corrected chi connectivity index (χ0v) is 15.9. The Morgan fingerprint density at radius 3 is 2.50 bits per heavy atom. The molecule has 0 radical (unpaired) electrons. The lowest BCUT2D eigenvalue weighted by Crippen LogP contribution is -2.38. The van der Waals surface area contributed by atoms with E-state index >= 15 is 0 Å². The predicted octanol–water partition coefficient (Wildman–Crippen LogP) is 5.62. The van der Waals surface area contributed by atoms with Crippen LogP contribution in [0.25, 0.3) is 0 Å². The lowest BCUT2D eigenvalue weighted by atomic mass is 9.77. The summed E-state index contributed by atoms with van der Waals surface area (Å²) >= 11 is 0. The van der Waals surface area contributed by atoms with Crippen molar-refractivity contribution in [1.29, 1.82) is 0 Å². The highest BCUT2D eigenvalue weighted by Crippen LogP contribution is 2.42. The van der Waals surface area contributed by atoms with Crippen LogP contribution in [-0.4, -0.2) is 12.5 Å². The topological polar surface area (TPSA) is 38.3 Å². The molecule has 0 unspecified atom stereocenters. The summed E-state index contributed by atoms with van der Waals surface area (Å²) in [5, 5.41) is 3.14. The summed E-state index contributed by atoms with van der Waals surface area (Å²) in [6.07, 6.45) is 6.21. The van der Waals surface area contributed by atoms with Crippen LogP contribution in [0, 0.1) is 6.92 Å². The van der Waals surface area contributed by atoms with Gasteiger partial charge in [-0.2, -0.15) is 0 Å².